The van der Waals surface area contributed by atoms with Crippen LogP contribution in [-0.4, -0.2) is 21.5 Å². The Balaban J connectivity index is 1.88. The normalized spacial score (nSPS) is 12.2. The molecule has 4 nitrogen and oxygen atoms in total. The molecule has 1 atom stereocenters. The zero-order chi connectivity index (χ0) is 14.5. The van der Waals surface area contributed by atoms with Gasteiger partial charge in [0.25, 0.3) is 5.91 Å². The van der Waals surface area contributed by atoms with Gasteiger partial charge in [-0.15, -0.1) is 0 Å². The van der Waals surface area contributed by atoms with E-state index in [4.69, 9.17) is 0 Å². The van der Waals surface area contributed by atoms with Gasteiger partial charge in [-0.1, -0.05) is 0 Å². The molecule has 0 radical (unpaired) electrons. The van der Waals surface area contributed by atoms with E-state index in [9.17, 15) is 4.79 Å². The zero-order valence-corrected chi connectivity index (χ0v) is 13.2. The van der Waals surface area contributed by atoms with Gasteiger partial charge in [-0.25, -0.2) is 0 Å². The summed E-state index contributed by atoms with van der Waals surface area (Å²) in [7, 11) is 2.03. The fourth-order valence-corrected chi connectivity index (χ4v) is 2.48. The van der Waals surface area contributed by atoms with Gasteiger partial charge >= 0.3 is 0 Å². The number of amides is 1. The van der Waals surface area contributed by atoms with Gasteiger partial charge in [0.1, 0.15) is 0 Å². The summed E-state index contributed by atoms with van der Waals surface area (Å²) in [6, 6.07) is 5.97. The number of carbonyl (C=O) groups excluding carboxylic acids is 1. The molecule has 2 rings (SSSR count). The summed E-state index contributed by atoms with van der Waals surface area (Å²) in [5.74, 6) is -0.0707. The zero-order valence-electron chi connectivity index (χ0n) is 11.6. The van der Waals surface area contributed by atoms with Gasteiger partial charge in [0, 0.05) is 41.8 Å². The van der Waals surface area contributed by atoms with Gasteiger partial charge in [0.05, 0.1) is 5.56 Å². The van der Waals surface area contributed by atoms with E-state index in [0.717, 1.165) is 12.8 Å². The van der Waals surface area contributed by atoms with Gasteiger partial charge in [0.2, 0.25) is 0 Å². The minimum atomic E-state index is -0.0707. The Kier molecular flexibility index (Phi) is 4.95. The molecular weight excluding hydrogens is 318 g/mol. The summed E-state index contributed by atoms with van der Waals surface area (Å²) < 4.78 is 2.82. The summed E-state index contributed by atoms with van der Waals surface area (Å²) >= 11 is 3.34. The Labute approximate surface area is 127 Å². The molecule has 0 fully saturated rings. The molecule has 0 aromatic carbocycles. The molecule has 0 aliphatic rings. The minimum absolute atomic E-state index is 0.0707. The Hall–Kier alpha value is -1.62. The average Bonchev–Trinajstić information content (AvgIpc) is 2.82. The fraction of sp³-hybridized carbons (Fsp3) is 0.333. The topological polar surface area (TPSA) is 46.9 Å². The van der Waals surface area contributed by atoms with E-state index in [-0.39, 0.29) is 11.9 Å². The summed E-state index contributed by atoms with van der Waals surface area (Å²) in [5.41, 5.74) is 1.89. The van der Waals surface area contributed by atoms with Gasteiger partial charge in [0.15, 0.2) is 0 Å². The van der Waals surface area contributed by atoms with Crippen LogP contribution in [0.4, 0.5) is 0 Å². The second-order valence-electron chi connectivity index (χ2n) is 4.88. The Morgan fingerprint density at radius 3 is 2.95 bits per heavy atom. The number of hydrogen-bond acceptors (Lipinski definition) is 2. The van der Waals surface area contributed by atoms with Crippen molar-refractivity contribution in [3.05, 3.63) is 52.5 Å². The van der Waals surface area contributed by atoms with E-state index >= 15 is 0 Å². The number of pyridine rings is 1. The van der Waals surface area contributed by atoms with Crippen LogP contribution < -0.4 is 5.32 Å². The molecule has 0 aliphatic heterocycles. The van der Waals surface area contributed by atoms with Gasteiger partial charge in [-0.05, 0) is 53.9 Å². The fourth-order valence-electron chi connectivity index (χ4n) is 2.05. The molecule has 5 heteroatoms. The molecule has 2 aromatic rings. The maximum Gasteiger partial charge on any atom is 0.252 e. The molecule has 0 spiro atoms. The maximum absolute atomic E-state index is 12.1. The van der Waals surface area contributed by atoms with E-state index in [2.05, 4.69) is 36.9 Å². The Morgan fingerprint density at radius 2 is 2.30 bits per heavy atom. The lowest BCUT2D eigenvalue weighted by Gasteiger charge is -2.14. The van der Waals surface area contributed by atoms with E-state index in [1.807, 2.05) is 26.2 Å². The van der Waals surface area contributed by atoms with Gasteiger partial charge < -0.3 is 9.88 Å². The quantitative estimate of drug-likeness (QED) is 0.913. The van der Waals surface area contributed by atoms with Crippen LogP contribution in [0.5, 0.6) is 0 Å². The van der Waals surface area contributed by atoms with Crippen LogP contribution in [-0.2, 0) is 13.5 Å². The number of carbonyl (C=O) groups is 1. The third kappa shape index (κ3) is 3.70. The number of aromatic nitrogens is 2. The number of aryl methyl sites for hydroxylation is 2. The molecule has 1 amide bonds. The predicted molar refractivity (Wildman–Crippen MR) is 82.6 cm³/mol. The molecule has 106 valence electrons. The molecule has 0 unspecified atom stereocenters. The molecule has 20 heavy (non-hydrogen) atoms. The second-order valence-corrected chi connectivity index (χ2v) is 5.73. The highest BCUT2D eigenvalue weighted by Gasteiger charge is 2.12. The summed E-state index contributed by atoms with van der Waals surface area (Å²) in [6.07, 6.45) is 7.14. The van der Waals surface area contributed by atoms with Crippen molar-refractivity contribution in [1.82, 2.24) is 14.9 Å². The number of hydrogen-bond donors (Lipinski definition) is 1. The lowest BCUT2D eigenvalue weighted by Crippen LogP contribution is -2.33. The van der Waals surface area contributed by atoms with Crippen molar-refractivity contribution in [1.29, 1.82) is 0 Å². The first-order valence-electron chi connectivity index (χ1n) is 6.58. The molecular formula is C15H18BrN3O. The monoisotopic (exact) mass is 335 g/mol. The Morgan fingerprint density at radius 1 is 1.50 bits per heavy atom. The van der Waals surface area contributed by atoms with E-state index < -0.39 is 0 Å². The minimum Gasteiger partial charge on any atom is -0.354 e. The van der Waals surface area contributed by atoms with Crippen molar-refractivity contribution in [2.45, 2.75) is 25.8 Å². The van der Waals surface area contributed by atoms with Crippen LogP contribution in [0.15, 0.2) is 41.3 Å². The van der Waals surface area contributed by atoms with Gasteiger partial charge in [-0.2, -0.15) is 0 Å². The van der Waals surface area contributed by atoms with Crippen LogP contribution in [0, 0.1) is 0 Å². The highest BCUT2D eigenvalue weighted by Crippen LogP contribution is 2.14. The lowest BCUT2D eigenvalue weighted by molar-refractivity contribution is 0.0937. The van der Waals surface area contributed by atoms with Crippen molar-refractivity contribution < 1.29 is 4.79 Å². The van der Waals surface area contributed by atoms with E-state index in [0.29, 0.717) is 10.0 Å². The standard InChI is InChI=1S/C15H18BrN3O/c1-11(5-6-12-4-3-9-19(12)2)18-15(20)13-7-8-17-10-14(13)16/h3-4,7-11H,5-6H2,1-2H3,(H,18,20)/t11-/m0/s1. The average molecular weight is 336 g/mol. The highest BCUT2D eigenvalue weighted by atomic mass is 79.9. The van der Waals surface area contributed by atoms with Crippen LogP contribution in [0.2, 0.25) is 0 Å². The first-order chi connectivity index (χ1) is 9.58. The molecule has 2 heterocycles. The van der Waals surface area contributed by atoms with E-state index in [1.54, 1.807) is 18.5 Å². The number of nitrogens with one attached hydrogen (secondary N) is 1. The van der Waals surface area contributed by atoms with Crippen LogP contribution in [0.1, 0.15) is 29.4 Å². The van der Waals surface area contributed by atoms with Crippen LogP contribution >= 0.6 is 15.9 Å². The molecule has 1 N–H and O–H groups in total. The van der Waals surface area contributed by atoms with Crippen LogP contribution in [0.3, 0.4) is 0 Å². The smallest absolute Gasteiger partial charge is 0.252 e. The first kappa shape index (κ1) is 14.8. The number of nitrogens with zero attached hydrogens (tertiary/aromatic N) is 2. The SMILES string of the molecule is C[C@@H](CCc1cccn1C)NC(=O)c1ccncc1Br. The highest BCUT2D eigenvalue weighted by molar-refractivity contribution is 9.10. The van der Waals surface area contributed by atoms with Gasteiger partial charge in [-0.3, -0.25) is 9.78 Å². The third-order valence-corrected chi connectivity index (χ3v) is 3.91. The van der Waals surface area contributed by atoms with Crippen LogP contribution in [0.25, 0.3) is 0 Å². The predicted octanol–water partition coefficient (Wildman–Crippen LogP) is 2.93. The van der Waals surface area contributed by atoms with Crippen molar-refractivity contribution in [2.75, 3.05) is 0 Å². The largest absolute Gasteiger partial charge is 0.354 e. The van der Waals surface area contributed by atoms with E-state index in [1.165, 1.54) is 5.69 Å². The van der Waals surface area contributed by atoms with Crippen molar-refractivity contribution >= 4 is 21.8 Å². The second kappa shape index (κ2) is 6.70. The summed E-state index contributed by atoms with van der Waals surface area (Å²) in [4.78, 5) is 16.1. The number of halogens is 1. The summed E-state index contributed by atoms with van der Waals surface area (Å²) in [5, 5.41) is 3.01. The first-order valence-corrected chi connectivity index (χ1v) is 7.38. The van der Waals surface area contributed by atoms with Crippen molar-refractivity contribution in [3.8, 4) is 0 Å². The third-order valence-electron chi connectivity index (χ3n) is 3.28. The Bertz CT molecular complexity index is 594. The van der Waals surface area contributed by atoms with Crippen molar-refractivity contribution in [3.63, 3.8) is 0 Å². The maximum atomic E-state index is 12.1. The molecule has 0 saturated carbocycles. The summed E-state index contributed by atoms with van der Waals surface area (Å²) in [6.45, 7) is 2.02. The molecule has 0 saturated heterocycles. The molecule has 2 aromatic heterocycles. The molecule has 0 aliphatic carbocycles. The molecule has 0 bridgehead atoms. The lowest BCUT2D eigenvalue weighted by atomic mass is 10.1. The number of rotatable bonds is 5. The van der Waals surface area contributed by atoms with Crippen molar-refractivity contribution in [2.24, 2.45) is 7.05 Å².